The molecule has 4 N–H and O–H groups in total. The van der Waals surface area contributed by atoms with E-state index in [0.29, 0.717) is 27.2 Å². The topological polar surface area (TPSA) is 151 Å². The number of aromatic nitrogens is 4. The molecule has 2 aliphatic heterocycles. The number of halogens is 6. The van der Waals surface area contributed by atoms with Crippen LogP contribution in [0.4, 0.5) is 32.2 Å². The van der Waals surface area contributed by atoms with Crippen molar-refractivity contribution in [2.45, 2.75) is 43.4 Å². The molecule has 3 aliphatic rings. The van der Waals surface area contributed by atoms with Crippen molar-refractivity contribution < 1.29 is 45.8 Å². The van der Waals surface area contributed by atoms with Crippen molar-refractivity contribution in [1.82, 2.24) is 34.7 Å². The third-order valence-electron chi connectivity index (χ3n) is 8.74. The number of amides is 2. The highest BCUT2D eigenvalue weighted by atomic mass is 19.4. The van der Waals surface area contributed by atoms with Gasteiger partial charge in [0, 0.05) is 49.8 Å². The fraction of sp³-hybridized carbons (Fsp3) is 0.519. The molecule has 5 heterocycles. The number of anilines is 1. The Kier molecular flexibility index (Phi) is 7.15. The number of carbonyl (C=O) groups excluding carboxylic acids is 2. The molecular formula is C27H28F6N8O4. The summed E-state index contributed by atoms with van der Waals surface area (Å²) in [4.78, 5) is 36.3. The quantitative estimate of drug-likeness (QED) is 0.327. The zero-order valence-corrected chi connectivity index (χ0v) is 23.9. The van der Waals surface area contributed by atoms with E-state index in [2.05, 4.69) is 20.4 Å². The molecule has 3 fully saturated rings. The molecule has 2 unspecified atom stereocenters. The number of hydrogen-bond donors (Lipinski definition) is 3. The molecule has 5 atom stereocenters. The number of hydrogen-bond acceptors (Lipinski definition) is 9. The number of nitrogen functional groups attached to an aromatic ring is 1. The van der Waals surface area contributed by atoms with Crippen molar-refractivity contribution in [2.75, 3.05) is 39.0 Å². The first-order valence-corrected chi connectivity index (χ1v) is 13.8. The third-order valence-corrected chi connectivity index (χ3v) is 8.74. The highest BCUT2D eigenvalue weighted by Crippen LogP contribution is 2.59. The van der Waals surface area contributed by atoms with Gasteiger partial charge in [0.25, 0.3) is 17.7 Å². The van der Waals surface area contributed by atoms with Gasteiger partial charge in [0.05, 0.1) is 25.4 Å². The average molecular weight is 643 g/mol. The second-order valence-corrected chi connectivity index (χ2v) is 11.7. The zero-order chi connectivity index (χ0) is 32.6. The number of nitrogens with two attached hydrogens (primary N) is 1. The van der Waals surface area contributed by atoms with Crippen LogP contribution in [0, 0.1) is 11.8 Å². The van der Waals surface area contributed by atoms with Crippen molar-refractivity contribution in [3.8, 4) is 17.1 Å². The molecule has 45 heavy (non-hydrogen) atoms. The van der Waals surface area contributed by atoms with Gasteiger partial charge in [-0.2, -0.15) is 18.3 Å². The van der Waals surface area contributed by atoms with E-state index in [-0.39, 0.29) is 43.8 Å². The summed E-state index contributed by atoms with van der Waals surface area (Å²) in [6.07, 6.45) is -4.62. The summed E-state index contributed by atoms with van der Waals surface area (Å²) in [5.74, 6) is -6.65. The number of nitrogens with zero attached hydrogens (tertiary/aromatic N) is 6. The molecule has 6 rings (SSSR count). The second kappa shape index (κ2) is 10.4. The molecule has 12 nitrogen and oxygen atoms in total. The van der Waals surface area contributed by atoms with Crippen LogP contribution in [0.5, 0.6) is 5.88 Å². The van der Waals surface area contributed by atoms with Gasteiger partial charge in [-0.15, -0.1) is 0 Å². The summed E-state index contributed by atoms with van der Waals surface area (Å²) >= 11 is 0. The van der Waals surface area contributed by atoms with Crippen LogP contribution in [0.1, 0.15) is 22.8 Å². The smallest absolute Gasteiger partial charge is 0.426 e. The van der Waals surface area contributed by atoms with Crippen molar-refractivity contribution in [3.63, 3.8) is 0 Å². The lowest BCUT2D eigenvalue weighted by Gasteiger charge is -2.29. The van der Waals surface area contributed by atoms with E-state index in [9.17, 15) is 41.0 Å². The van der Waals surface area contributed by atoms with Gasteiger partial charge in [-0.1, -0.05) is 0 Å². The monoisotopic (exact) mass is 642 g/mol. The maximum absolute atomic E-state index is 14.8. The van der Waals surface area contributed by atoms with Gasteiger partial charge in [0.15, 0.2) is 5.82 Å². The molecule has 0 aromatic carbocycles. The van der Waals surface area contributed by atoms with Crippen LogP contribution in [-0.2, 0) is 11.3 Å². The number of rotatable bonds is 7. The lowest BCUT2D eigenvalue weighted by molar-refractivity contribution is -0.249. The first-order chi connectivity index (χ1) is 21.0. The average Bonchev–Trinajstić information content (AvgIpc) is 3.45. The molecule has 1 saturated carbocycles. The number of ether oxygens (including phenoxy) is 1. The van der Waals surface area contributed by atoms with E-state index in [1.165, 1.54) is 30.2 Å². The lowest BCUT2D eigenvalue weighted by Crippen LogP contribution is -2.56. The van der Waals surface area contributed by atoms with E-state index in [4.69, 9.17) is 10.5 Å². The third kappa shape index (κ3) is 5.08. The van der Waals surface area contributed by atoms with Crippen LogP contribution in [-0.4, -0.2) is 110 Å². The Labute approximate surface area is 251 Å². The summed E-state index contributed by atoms with van der Waals surface area (Å²) in [5, 5.41) is 16.4. The Balaban J connectivity index is 1.25. The van der Waals surface area contributed by atoms with Crippen molar-refractivity contribution in [2.24, 2.45) is 11.8 Å². The molecule has 0 radical (unpaired) electrons. The highest BCUT2D eigenvalue weighted by molar-refractivity contribution is 5.98. The van der Waals surface area contributed by atoms with Gasteiger partial charge in [0.2, 0.25) is 11.5 Å². The van der Waals surface area contributed by atoms with Crippen LogP contribution in [0.15, 0.2) is 24.7 Å². The van der Waals surface area contributed by atoms with E-state index in [1.807, 2.05) is 4.90 Å². The van der Waals surface area contributed by atoms with Gasteiger partial charge in [0.1, 0.15) is 23.6 Å². The summed E-state index contributed by atoms with van der Waals surface area (Å²) in [7, 11) is 1.24. The van der Waals surface area contributed by atoms with Crippen LogP contribution in [0.2, 0.25) is 0 Å². The van der Waals surface area contributed by atoms with Crippen molar-refractivity contribution >= 4 is 23.1 Å². The largest absolute Gasteiger partial charge is 0.480 e. The van der Waals surface area contributed by atoms with E-state index >= 15 is 0 Å². The van der Waals surface area contributed by atoms with Gasteiger partial charge in [-0.3, -0.25) is 14.5 Å². The number of piperidine rings is 1. The van der Waals surface area contributed by atoms with Crippen LogP contribution in [0.25, 0.3) is 16.8 Å². The molecular weight excluding hydrogens is 614 g/mol. The maximum Gasteiger partial charge on any atom is 0.426 e. The molecule has 1 aliphatic carbocycles. The molecule has 0 bridgehead atoms. The minimum atomic E-state index is -5.29. The minimum absolute atomic E-state index is 0.138. The van der Waals surface area contributed by atoms with Gasteiger partial charge < -0.3 is 25.8 Å². The van der Waals surface area contributed by atoms with Crippen LogP contribution in [0.3, 0.4) is 0 Å². The van der Waals surface area contributed by atoms with Crippen LogP contribution < -0.4 is 15.8 Å². The molecule has 242 valence electrons. The highest BCUT2D eigenvalue weighted by Gasteiger charge is 2.71. The maximum atomic E-state index is 14.8. The van der Waals surface area contributed by atoms with E-state index in [0.717, 1.165) is 0 Å². The summed E-state index contributed by atoms with van der Waals surface area (Å²) < 4.78 is 88.5. The van der Waals surface area contributed by atoms with Crippen molar-refractivity contribution in [3.05, 3.63) is 35.8 Å². The standard InChI is InChI=1S/C27H28F6N8O4/c1-25(44,27(31,32)33)24(43)40-9-17(28)18(10-40)38-22(42)14-3-12(5-35-23(14)45-2)19-4-13(20-21(34)36-11-37-41(19)20)6-39-7-15-16(8-39)26(15,29)30/h3-5,11,15-18,44H,6-10H2,1-2H3,(H,38,42)(H2,34,36,37)/t15?,16?,17-,18+,25+/m0/s1. The number of methoxy groups -OCH3 is 1. The Bertz CT molecular complexity index is 1670. The molecule has 0 spiro atoms. The number of alkyl halides is 6. The fourth-order valence-corrected chi connectivity index (χ4v) is 6.09. The zero-order valence-electron chi connectivity index (χ0n) is 23.9. The Morgan fingerprint density at radius 1 is 1.16 bits per heavy atom. The molecule has 3 aromatic rings. The van der Waals surface area contributed by atoms with Crippen molar-refractivity contribution in [1.29, 1.82) is 0 Å². The predicted molar refractivity (Wildman–Crippen MR) is 144 cm³/mol. The molecule has 18 heteroatoms. The molecule has 2 amide bonds. The first kappa shape index (κ1) is 30.8. The second-order valence-electron chi connectivity index (χ2n) is 11.7. The summed E-state index contributed by atoms with van der Waals surface area (Å²) in [5.41, 5.74) is 4.12. The number of carbonyl (C=O) groups is 2. The van der Waals surface area contributed by atoms with E-state index in [1.54, 1.807) is 6.07 Å². The normalized spacial score (nSPS) is 25.7. The lowest BCUT2D eigenvalue weighted by atomic mass is 10.1. The SMILES string of the molecule is COc1ncc(-c2cc(CN3CC4C(C3)C4(F)F)c3c(N)ncnn23)cc1C(=O)N[C@@H]1CN(C(=O)[C@@](C)(O)C(F)(F)F)C[C@@H]1F. The number of likely N-dealkylation sites (tertiary alicyclic amines) is 2. The van der Waals surface area contributed by atoms with Gasteiger partial charge in [-0.05, 0) is 24.6 Å². The predicted octanol–water partition coefficient (Wildman–Crippen LogP) is 1.67. The fourth-order valence-electron chi connectivity index (χ4n) is 6.09. The summed E-state index contributed by atoms with van der Waals surface area (Å²) in [6, 6.07) is 1.71. The van der Waals surface area contributed by atoms with Crippen LogP contribution >= 0.6 is 0 Å². The number of nitrogens with one attached hydrogen (secondary N) is 1. The number of pyridine rings is 1. The Hall–Kier alpha value is -4.19. The molecule has 3 aromatic heterocycles. The van der Waals surface area contributed by atoms with Gasteiger partial charge in [-0.25, -0.2) is 27.7 Å². The first-order valence-electron chi connectivity index (χ1n) is 13.8. The number of fused-ring (bicyclic) bond motifs is 2. The van der Waals surface area contributed by atoms with Gasteiger partial charge >= 0.3 is 6.18 Å². The molecule has 2 saturated heterocycles. The minimum Gasteiger partial charge on any atom is -0.480 e. The Morgan fingerprint density at radius 2 is 1.84 bits per heavy atom. The number of aliphatic hydroxyl groups is 1. The Morgan fingerprint density at radius 3 is 2.49 bits per heavy atom. The summed E-state index contributed by atoms with van der Waals surface area (Å²) in [6.45, 7) is -0.392. The van der Waals surface area contributed by atoms with E-state index < -0.39 is 66.7 Å².